The number of nitrogens with one attached hydrogen (secondary N) is 1. The fourth-order valence-electron chi connectivity index (χ4n) is 2.96. The average molecular weight is 452 g/mol. The molecule has 2 rings (SSSR count). The van der Waals surface area contributed by atoms with Crippen LogP contribution in [0.1, 0.15) is 12.5 Å². The van der Waals surface area contributed by atoms with E-state index >= 15 is 0 Å². The van der Waals surface area contributed by atoms with Crippen LogP contribution in [0.15, 0.2) is 48.5 Å². The highest BCUT2D eigenvalue weighted by molar-refractivity contribution is 7.92. The summed E-state index contributed by atoms with van der Waals surface area (Å²) < 4.78 is 44.2. The maximum absolute atomic E-state index is 13.2. The Labute approximate surface area is 181 Å². The van der Waals surface area contributed by atoms with Gasteiger partial charge in [0.15, 0.2) is 0 Å². The van der Waals surface area contributed by atoms with E-state index in [1.165, 1.54) is 56.3 Å². The van der Waals surface area contributed by atoms with Gasteiger partial charge in [-0.25, -0.2) is 12.8 Å². The van der Waals surface area contributed by atoms with Crippen molar-refractivity contribution in [1.82, 2.24) is 10.2 Å². The lowest BCUT2D eigenvalue weighted by atomic mass is 10.1. The first kappa shape index (κ1) is 24.1. The molecule has 2 aromatic carbocycles. The van der Waals surface area contributed by atoms with E-state index in [4.69, 9.17) is 4.74 Å². The summed E-state index contributed by atoms with van der Waals surface area (Å²) >= 11 is 0. The van der Waals surface area contributed by atoms with Crippen LogP contribution in [0.5, 0.6) is 5.75 Å². The predicted molar refractivity (Wildman–Crippen MR) is 116 cm³/mol. The largest absolute Gasteiger partial charge is 0.497 e. The van der Waals surface area contributed by atoms with Crippen LogP contribution in [0.2, 0.25) is 0 Å². The molecule has 0 aliphatic carbocycles. The van der Waals surface area contributed by atoms with E-state index in [2.05, 4.69) is 5.32 Å². The van der Waals surface area contributed by atoms with Gasteiger partial charge in [0.2, 0.25) is 21.8 Å². The molecule has 2 amide bonds. The number of methoxy groups -OCH3 is 1. The van der Waals surface area contributed by atoms with Crippen molar-refractivity contribution in [2.24, 2.45) is 0 Å². The number of halogens is 1. The minimum absolute atomic E-state index is 0.00339. The molecule has 0 unspecified atom stereocenters. The third-order valence-electron chi connectivity index (χ3n) is 4.70. The number of hydrogen-bond donors (Lipinski definition) is 1. The number of hydrogen-bond acceptors (Lipinski definition) is 5. The zero-order valence-corrected chi connectivity index (χ0v) is 18.6. The fourth-order valence-corrected chi connectivity index (χ4v) is 3.80. The van der Waals surface area contributed by atoms with Crippen molar-refractivity contribution in [2.45, 2.75) is 19.5 Å². The predicted octanol–water partition coefficient (Wildman–Crippen LogP) is 1.76. The second kappa shape index (κ2) is 10.3. The van der Waals surface area contributed by atoms with Crippen molar-refractivity contribution < 1.29 is 27.1 Å². The molecule has 2 aromatic rings. The summed E-state index contributed by atoms with van der Waals surface area (Å²) in [6.07, 6.45) is 0.992. The SMILES string of the molecule is CNC(=O)[C@H](C)N(Cc1ccc(F)cc1)C(=O)CN(c1cccc(OC)c1)S(C)(=O)=O. The van der Waals surface area contributed by atoms with E-state index in [-0.39, 0.29) is 12.2 Å². The van der Waals surface area contributed by atoms with Gasteiger partial charge in [-0.05, 0) is 36.8 Å². The summed E-state index contributed by atoms with van der Waals surface area (Å²) in [5.74, 6) is -1.00. The topological polar surface area (TPSA) is 96.0 Å². The second-order valence-corrected chi connectivity index (χ2v) is 8.82. The van der Waals surface area contributed by atoms with Crippen LogP contribution < -0.4 is 14.4 Å². The Morgan fingerprint density at radius 1 is 1.16 bits per heavy atom. The van der Waals surface area contributed by atoms with Gasteiger partial charge in [0, 0.05) is 19.7 Å². The first-order chi connectivity index (χ1) is 14.6. The lowest BCUT2D eigenvalue weighted by Gasteiger charge is -2.31. The van der Waals surface area contributed by atoms with Crippen LogP contribution in [-0.2, 0) is 26.2 Å². The maximum Gasteiger partial charge on any atom is 0.244 e. The number of carbonyl (C=O) groups excluding carboxylic acids is 2. The third-order valence-corrected chi connectivity index (χ3v) is 5.84. The molecule has 8 nitrogen and oxygen atoms in total. The Balaban J connectivity index is 2.38. The minimum Gasteiger partial charge on any atom is -0.497 e. The standard InChI is InChI=1S/C21H26FN3O5S/c1-15(21(27)23-2)24(13-16-8-10-17(22)11-9-16)20(26)14-25(31(4,28)29)18-6-5-7-19(12-18)30-3/h5-12,15H,13-14H2,1-4H3,(H,23,27)/t15-/m0/s1. The number of likely N-dealkylation sites (N-methyl/N-ethyl adjacent to an activating group) is 1. The van der Waals surface area contributed by atoms with Crippen LogP contribution in [0.4, 0.5) is 10.1 Å². The van der Waals surface area contributed by atoms with Crippen LogP contribution in [0.3, 0.4) is 0 Å². The van der Waals surface area contributed by atoms with Gasteiger partial charge in [-0.15, -0.1) is 0 Å². The van der Waals surface area contributed by atoms with Gasteiger partial charge in [-0.1, -0.05) is 18.2 Å². The minimum atomic E-state index is -3.82. The number of ether oxygens (including phenoxy) is 1. The summed E-state index contributed by atoms with van der Waals surface area (Å²) in [7, 11) is -0.930. The van der Waals surface area contributed by atoms with Crippen molar-refractivity contribution in [1.29, 1.82) is 0 Å². The van der Waals surface area contributed by atoms with E-state index < -0.39 is 40.2 Å². The quantitative estimate of drug-likeness (QED) is 0.627. The number of carbonyl (C=O) groups is 2. The molecule has 10 heteroatoms. The van der Waals surface area contributed by atoms with Gasteiger partial charge in [-0.2, -0.15) is 0 Å². The highest BCUT2D eigenvalue weighted by Gasteiger charge is 2.29. The van der Waals surface area contributed by atoms with Gasteiger partial charge in [0.25, 0.3) is 0 Å². The van der Waals surface area contributed by atoms with Crippen LogP contribution in [0, 0.1) is 5.82 Å². The molecule has 0 aliphatic rings. The molecule has 168 valence electrons. The average Bonchev–Trinajstić information content (AvgIpc) is 2.75. The molecule has 0 saturated heterocycles. The van der Waals surface area contributed by atoms with Gasteiger partial charge in [0.1, 0.15) is 24.2 Å². The summed E-state index contributed by atoms with van der Waals surface area (Å²) in [4.78, 5) is 26.7. The molecule has 0 fully saturated rings. The second-order valence-electron chi connectivity index (χ2n) is 6.91. The summed E-state index contributed by atoms with van der Waals surface area (Å²) in [5, 5.41) is 2.48. The summed E-state index contributed by atoms with van der Waals surface area (Å²) in [6.45, 7) is 1.02. The van der Waals surface area contributed by atoms with Crippen molar-refractivity contribution in [3.05, 3.63) is 59.9 Å². The van der Waals surface area contributed by atoms with Crippen molar-refractivity contribution >= 4 is 27.5 Å². The monoisotopic (exact) mass is 451 g/mol. The van der Waals surface area contributed by atoms with Gasteiger partial charge >= 0.3 is 0 Å². The molecule has 31 heavy (non-hydrogen) atoms. The van der Waals surface area contributed by atoms with E-state index in [9.17, 15) is 22.4 Å². The van der Waals surface area contributed by atoms with Crippen molar-refractivity contribution in [3.8, 4) is 5.75 Å². The fraction of sp³-hybridized carbons (Fsp3) is 0.333. The highest BCUT2D eigenvalue weighted by Crippen LogP contribution is 2.23. The van der Waals surface area contributed by atoms with Crippen molar-refractivity contribution in [2.75, 3.05) is 31.3 Å². The molecule has 1 N–H and O–H groups in total. The molecule has 0 heterocycles. The van der Waals surface area contributed by atoms with Gasteiger partial charge < -0.3 is 15.0 Å². The summed E-state index contributed by atoms with van der Waals surface area (Å²) in [5.41, 5.74) is 0.849. The number of benzene rings is 2. The smallest absolute Gasteiger partial charge is 0.244 e. The number of amides is 2. The first-order valence-electron chi connectivity index (χ1n) is 9.44. The molecule has 0 bridgehead atoms. The van der Waals surface area contributed by atoms with Gasteiger partial charge in [-0.3, -0.25) is 13.9 Å². The molecule has 0 saturated carbocycles. The van der Waals surface area contributed by atoms with E-state index in [0.717, 1.165) is 10.6 Å². The molecular weight excluding hydrogens is 425 g/mol. The normalized spacial score (nSPS) is 12.0. The van der Waals surface area contributed by atoms with Crippen molar-refractivity contribution in [3.63, 3.8) is 0 Å². The Morgan fingerprint density at radius 2 is 1.81 bits per heavy atom. The number of anilines is 1. The maximum atomic E-state index is 13.2. The lowest BCUT2D eigenvalue weighted by molar-refractivity contribution is -0.139. The highest BCUT2D eigenvalue weighted by atomic mass is 32.2. The number of nitrogens with zero attached hydrogens (tertiary/aromatic N) is 2. The lowest BCUT2D eigenvalue weighted by Crippen LogP contribution is -2.50. The zero-order valence-electron chi connectivity index (χ0n) is 17.8. The van der Waals surface area contributed by atoms with Crippen LogP contribution in [0.25, 0.3) is 0 Å². The Kier molecular flexibility index (Phi) is 7.98. The molecular formula is C21H26FN3O5S. The number of sulfonamides is 1. The number of rotatable bonds is 9. The third kappa shape index (κ3) is 6.42. The van der Waals surface area contributed by atoms with Crippen LogP contribution >= 0.6 is 0 Å². The van der Waals surface area contributed by atoms with E-state index in [0.29, 0.717) is 11.3 Å². The molecule has 0 aliphatic heterocycles. The molecule has 0 radical (unpaired) electrons. The first-order valence-corrected chi connectivity index (χ1v) is 11.3. The van der Waals surface area contributed by atoms with E-state index in [1.807, 2.05) is 0 Å². The Hall–Kier alpha value is -3.14. The van der Waals surface area contributed by atoms with E-state index in [1.54, 1.807) is 18.2 Å². The Bertz CT molecular complexity index is 1030. The molecule has 0 aromatic heterocycles. The summed E-state index contributed by atoms with van der Waals surface area (Å²) in [6, 6.07) is 10.9. The zero-order chi connectivity index (χ0) is 23.2. The van der Waals surface area contributed by atoms with Gasteiger partial charge in [0.05, 0.1) is 19.1 Å². The molecule has 1 atom stereocenters. The Morgan fingerprint density at radius 3 is 2.35 bits per heavy atom. The van der Waals surface area contributed by atoms with Crippen LogP contribution in [-0.4, -0.2) is 58.1 Å². The molecule has 0 spiro atoms.